The number of benzene rings is 2. The number of thiazole rings is 1. The van der Waals surface area contributed by atoms with Crippen molar-refractivity contribution in [2.45, 2.75) is 5.37 Å². The first-order valence-electron chi connectivity index (χ1n) is 7.53. The lowest BCUT2D eigenvalue weighted by Crippen LogP contribution is -2.20. The molecule has 1 atom stereocenters. The number of amides is 1. The van der Waals surface area contributed by atoms with Crippen molar-refractivity contribution in [2.24, 2.45) is 5.73 Å². The zero-order valence-corrected chi connectivity index (χ0v) is 16.0. The fourth-order valence-corrected chi connectivity index (χ4v) is 3.78. The second-order valence-electron chi connectivity index (χ2n) is 5.41. The first kappa shape index (κ1) is 19.3. The summed E-state index contributed by atoms with van der Waals surface area (Å²) in [6.45, 7) is 0. The molecule has 3 rings (SSSR count). The summed E-state index contributed by atoms with van der Waals surface area (Å²) in [6, 6.07) is 9.33. The van der Waals surface area contributed by atoms with Crippen molar-refractivity contribution >= 4 is 40.8 Å². The summed E-state index contributed by atoms with van der Waals surface area (Å²) >= 11 is 8.17. The van der Waals surface area contributed by atoms with Crippen LogP contribution < -0.4 is 10.5 Å². The average molecular weight is 424 g/mol. The molecule has 0 aliphatic rings. The van der Waals surface area contributed by atoms with Gasteiger partial charge < -0.3 is 21.1 Å². The van der Waals surface area contributed by atoms with Gasteiger partial charge in [-0.2, -0.15) is 0 Å². The molecule has 140 valence electrons. The van der Waals surface area contributed by atoms with Gasteiger partial charge in [0.25, 0.3) is 5.91 Å². The summed E-state index contributed by atoms with van der Waals surface area (Å²) in [5.41, 5.74) is 7.69. The Bertz CT molecular complexity index is 956. The Morgan fingerprint density at radius 2 is 1.81 bits per heavy atom. The molecule has 0 aliphatic heterocycles. The van der Waals surface area contributed by atoms with Crippen molar-refractivity contribution in [1.82, 2.24) is 9.71 Å². The van der Waals surface area contributed by atoms with E-state index in [9.17, 15) is 20.1 Å². The third-order valence-electron chi connectivity index (χ3n) is 3.52. The smallest absolute Gasteiger partial charge is 0.261 e. The van der Waals surface area contributed by atoms with E-state index in [0.717, 1.165) is 35.3 Å². The number of phenolic OH excluding ortho intramolecular Hbond substituents is 3. The Labute approximate surface area is 167 Å². The molecule has 0 aliphatic carbocycles. The van der Waals surface area contributed by atoms with E-state index in [1.807, 2.05) is 17.5 Å². The maximum Gasteiger partial charge on any atom is 0.261 e. The highest BCUT2D eigenvalue weighted by atomic mass is 35.5. The van der Waals surface area contributed by atoms with Gasteiger partial charge in [0.05, 0.1) is 5.69 Å². The Morgan fingerprint density at radius 1 is 1.19 bits per heavy atom. The highest BCUT2D eigenvalue weighted by Crippen LogP contribution is 2.35. The highest BCUT2D eigenvalue weighted by Gasteiger charge is 2.17. The van der Waals surface area contributed by atoms with Crippen LogP contribution in [0.25, 0.3) is 11.3 Å². The van der Waals surface area contributed by atoms with Crippen molar-refractivity contribution in [3.05, 3.63) is 57.4 Å². The summed E-state index contributed by atoms with van der Waals surface area (Å²) in [7, 11) is 0. The minimum atomic E-state index is -0.687. The lowest BCUT2D eigenvalue weighted by Gasteiger charge is -2.10. The predicted octanol–water partition coefficient (Wildman–Crippen LogP) is 3.62. The van der Waals surface area contributed by atoms with Crippen molar-refractivity contribution in [1.29, 1.82) is 0 Å². The molecule has 0 saturated carbocycles. The van der Waals surface area contributed by atoms with Gasteiger partial charge >= 0.3 is 0 Å². The number of halogens is 1. The van der Waals surface area contributed by atoms with Crippen molar-refractivity contribution in [3.63, 3.8) is 0 Å². The first-order chi connectivity index (χ1) is 12.8. The average Bonchev–Trinajstić information content (AvgIpc) is 3.14. The normalized spacial score (nSPS) is 11.9. The number of aromatic hydroxyl groups is 3. The Kier molecular flexibility index (Phi) is 5.76. The van der Waals surface area contributed by atoms with Crippen molar-refractivity contribution < 1.29 is 20.1 Å². The van der Waals surface area contributed by atoms with Crippen LogP contribution in [-0.4, -0.2) is 26.2 Å². The molecule has 1 amide bonds. The molecule has 7 nitrogen and oxygen atoms in total. The van der Waals surface area contributed by atoms with Gasteiger partial charge in [-0.15, -0.1) is 11.3 Å². The molecule has 6 N–H and O–H groups in total. The highest BCUT2D eigenvalue weighted by molar-refractivity contribution is 7.98. The van der Waals surface area contributed by atoms with Crippen LogP contribution in [-0.2, 0) is 0 Å². The second-order valence-corrected chi connectivity index (χ2v) is 7.68. The quantitative estimate of drug-likeness (QED) is 0.241. The monoisotopic (exact) mass is 423 g/mol. The number of phenols is 3. The third kappa shape index (κ3) is 4.45. The van der Waals surface area contributed by atoms with E-state index in [4.69, 9.17) is 17.3 Å². The van der Waals surface area contributed by atoms with Crippen LogP contribution in [0.4, 0.5) is 0 Å². The zero-order valence-electron chi connectivity index (χ0n) is 13.6. The van der Waals surface area contributed by atoms with Gasteiger partial charge in [0, 0.05) is 21.5 Å². The van der Waals surface area contributed by atoms with Crippen molar-refractivity contribution in [2.75, 3.05) is 0 Å². The van der Waals surface area contributed by atoms with E-state index in [2.05, 4.69) is 9.71 Å². The second kappa shape index (κ2) is 8.05. The number of nitrogens with one attached hydrogen (secondary N) is 1. The summed E-state index contributed by atoms with van der Waals surface area (Å²) in [6.07, 6.45) is 0. The molecule has 0 fully saturated rings. The molecule has 27 heavy (non-hydrogen) atoms. The number of nitrogens with zero attached hydrogens (tertiary/aromatic N) is 1. The van der Waals surface area contributed by atoms with Crippen LogP contribution in [0.15, 0.2) is 41.8 Å². The fraction of sp³-hybridized carbons (Fsp3) is 0.0588. The van der Waals surface area contributed by atoms with E-state index in [1.165, 1.54) is 11.3 Å². The summed E-state index contributed by atoms with van der Waals surface area (Å²) < 4.78 is 2.53. The Hall–Kier alpha value is -2.46. The minimum absolute atomic E-state index is 0.0245. The number of hydrogen-bond donors (Lipinski definition) is 5. The van der Waals surface area contributed by atoms with Crippen LogP contribution in [0.1, 0.15) is 20.7 Å². The molecule has 0 radical (unpaired) electrons. The van der Waals surface area contributed by atoms with Crippen LogP contribution in [0.2, 0.25) is 5.02 Å². The molecule has 10 heteroatoms. The maximum atomic E-state index is 12.1. The van der Waals surface area contributed by atoms with E-state index < -0.39 is 28.5 Å². The lowest BCUT2D eigenvalue weighted by molar-refractivity contribution is 0.0983. The van der Waals surface area contributed by atoms with Crippen molar-refractivity contribution in [3.8, 4) is 28.5 Å². The van der Waals surface area contributed by atoms with Crippen LogP contribution >= 0.6 is 34.9 Å². The van der Waals surface area contributed by atoms with Gasteiger partial charge in [-0.25, -0.2) is 4.98 Å². The van der Waals surface area contributed by atoms with E-state index >= 15 is 0 Å². The molecular formula is C17H14ClN3O4S2. The molecule has 1 aromatic heterocycles. The van der Waals surface area contributed by atoms with E-state index in [1.54, 1.807) is 12.1 Å². The standard InChI is InChI=1S/C17H14ClN3O4S2/c18-10-3-1-8(2-4-10)11-7-26-17(20-11)15(19)27-21-16(25)9-5-12(22)14(24)13(23)6-9/h1-7,15,22-24H,19H2,(H,21,25). The topological polar surface area (TPSA) is 129 Å². The first-order valence-corrected chi connectivity index (χ1v) is 9.66. The summed E-state index contributed by atoms with van der Waals surface area (Å²) in [5.74, 6) is -2.46. The lowest BCUT2D eigenvalue weighted by atomic mass is 10.2. The molecule has 1 unspecified atom stereocenters. The number of carbonyl (C=O) groups excluding carboxylic acids is 1. The van der Waals surface area contributed by atoms with Gasteiger partial charge in [0.15, 0.2) is 17.2 Å². The maximum absolute atomic E-state index is 12.1. The molecular weight excluding hydrogens is 410 g/mol. The van der Waals surface area contributed by atoms with Gasteiger partial charge in [-0.1, -0.05) is 23.7 Å². The molecule has 2 aromatic carbocycles. The Balaban J connectivity index is 1.65. The molecule has 0 bridgehead atoms. The zero-order chi connectivity index (χ0) is 19.6. The molecule has 0 spiro atoms. The van der Waals surface area contributed by atoms with E-state index in [-0.39, 0.29) is 5.56 Å². The fourth-order valence-electron chi connectivity index (χ4n) is 2.13. The van der Waals surface area contributed by atoms with E-state index in [0.29, 0.717) is 10.0 Å². The number of aromatic nitrogens is 1. The van der Waals surface area contributed by atoms with Gasteiger partial charge in [-0.05, 0) is 36.2 Å². The third-order valence-corrected chi connectivity index (χ3v) is 5.63. The SMILES string of the molecule is NC(SNC(=O)c1cc(O)c(O)c(O)c1)c1nc(-c2ccc(Cl)cc2)cs1. The Morgan fingerprint density at radius 3 is 2.44 bits per heavy atom. The van der Waals surface area contributed by atoms with Gasteiger partial charge in [-0.3, -0.25) is 9.52 Å². The van der Waals surface area contributed by atoms with Gasteiger partial charge in [0.2, 0.25) is 0 Å². The number of rotatable bonds is 5. The van der Waals surface area contributed by atoms with Gasteiger partial charge in [0.1, 0.15) is 10.4 Å². The number of nitrogens with two attached hydrogens (primary N) is 1. The molecule has 3 aromatic rings. The largest absolute Gasteiger partial charge is 0.504 e. The molecule has 1 heterocycles. The van der Waals surface area contributed by atoms with Crippen LogP contribution in [0.5, 0.6) is 17.2 Å². The summed E-state index contributed by atoms with van der Waals surface area (Å²) in [4.78, 5) is 16.6. The van der Waals surface area contributed by atoms with Crippen LogP contribution in [0, 0.1) is 0 Å². The van der Waals surface area contributed by atoms with Crippen LogP contribution in [0.3, 0.4) is 0 Å². The predicted molar refractivity (Wildman–Crippen MR) is 106 cm³/mol. The number of carbonyl (C=O) groups is 1. The number of hydrogen-bond acceptors (Lipinski definition) is 8. The summed E-state index contributed by atoms with van der Waals surface area (Å²) in [5, 5.41) is 30.8. The molecule has 0 saturated heterocycles. The minimum Gasteiger partial charge on any atom is -0.504 e.